The van der Waals surface area contributed by atoms with Crippen LogP contribution in [0, 0.1) is 0 Å². The van der Waals surface area contributed by atoms with Crippen molar-refractivity contribution in [1.29, 1.82) is 0 Å². The molecule has 0 aliphatic carbocycles. The maximum absolute atomic E-state index is 5.96. The lowest BCUT2D eigenvalue weighted by atomic mass is 10.3. The van der Waals surface area contributed by atoms with Crippen LogP contribution in [0.3, 0.4) is 0 Å². The Morgan fingerprint density at radius 1 is 1.39 bits per heavy atom. The number of benzene rings is 1. The lowest BCUT2D eigenvalue weighted by Crippen LogP contribution is -1.98. The van der Waals surface area contributed by atoms with Gasteiger partial charge in [0.2, 0.25) is 0 Å². The van der Waals surface area contributed by atoms with Crippen LogP contribution in [0.15, 0.2) is 34.9 Å². The summed E-state index contributed by atoms with van der Waals surface area (Å²) in [5, 5.41) is 3.75. The minimum absolute atomic E-state index is 0.588. The van der Waals surface area contributed by atoms with E-state index < -0.39 is 0 Å². The molecule has 2 aromatic rings. The Bertz CT molecular complexity index is 577. The van der Waals surface area contributed by atoms with E-state index in [1.54, 1.807) is 37.6 Å². The molecule has 1 heterocycles. The molecule has 0 atom stereocenters. The number of ether oxygens (including phenoxy) is 1. The molecule has 18 heavy (non-hydrogen) atoms. The standard InChI is InChI=1S/C12H11BrClN3O/c1-18-11-3-2-7(14)4-10(11)17-12-9(13)5-8(15)6-16-12/h2-6H,15H2,1H3,(H,16,17). The van der Waals surface area contributed by atoms with Gasteiger partial charge in [0.1, 0.15) is 11.6 Å². The summed E-state index contributed by atoms with van der Waals surface area (Å²) >= 11 is 9.35. The van der Waals surface area contributed by atoms with E-state index in [1.807, 2.05) is 0 Å². The maximum Gasteiger partial charge on any atom is 0.144 e. The topological polar surface area (TPSA) is 60.2 Å². The number of nitrogen functional groups attached to an aromatic ring is 1. The van der Waals surface area contributed by atoms with Crippen molar-refractivity contribution in [2.75, 3.05) is 18.2 Å². The molecule has 0 aliphatic rings. The first-order chi connectivity index (χ1) is 8.60. The van der Waals surface area contributed by atoms with Crippen molar-refractivity contribution in [3.63, 3.8) is 0 Å². The minimum atomic E-state index is 0.588. The highest BCUT2D eigenvalue weighted by molar-refractivity contribution is 9.10. The smallest absolute Gasteiger partial charge is 0.144 e. The lowest BCUT2D eigenvalue weighted by Gasteiger charge is -2.12. The van der Waals surface area contributed by atoms with Crippen molar-refractivity contribution < 1.29 is 4.74 Å². The fraction of sp³-hybridized carbons (Fsp3) is 0.0833. The first kappa shape index (κ1) is 13.0. The third-order valence-electron chi connectivity index (χ3n) is 2.28. The predicted molar refractivity (Wildman–Crippen MR) is 77.6 cm³/mol. The molecular weight excluding hydrogens is 318 g/mol. The summed E-state index contributed by atoms with van der Waals surface area (Å²) in [4.78, 5) is 4.20. The van der Waals surface area contributed by atoms with E-state index in [0.717, 1.165) is 10.2 Å². The zero-order valence-electron chi connectivity index (χ0n) is 9.58. The van der Waals surface area contributed by atoms with Crippen LogP contribution in [0.1, 0.15) is 0 Å². The van der Waals surface area contributed by atoms with Gasteiger partial charge in [0.15, 0.2) is 0 Å². The zero-order valence-corrected chi connectivity index (χ0v) is 11.9. The molecule has 0 fully saturated rings. The summed E-state index contributed by atoms with van der Waals surface area (Å²) in [7, 11) is 1.60. The Morgan fingerprint density at radius 3 is 2.83 bits per heavy atom. The van der Waals surface area contributed by atoms with Crippen LogP contribution in [0.25, 0.3) is 0 Å². The van der Waals surface area contributed by atoms with Crippen molar-refractivity contribution in [3.05, 3.63) is 40.0 Å². The zero-order chi connectivity index (χ0) is 13.1. The molecule has 94 valence electrons. The number of methoxy groups -OCH3 is 1. The average molecular weight is 329 g/mol. The molecule has 1 aromatic heterocycles. The van der Waals surface area contributed by atoms with E-state index in [4.69, 9.17) is 22.1 Å². The van der Waals surface area contributed by atoms with Gasteiger partial charge in [0.05, 0.1) is 29.2 Å². The highest BCUT2D eigenvalue weighted by Gasteiger charge is 2.07. The number of rotatable bonds is 3. The van der Waals surface area contributed by atoms with Crippen LogP contribution in [0.2, 0.25) is 5.02 Å². The quantitative estimate of drug-likeness (QED) is 0.899. The van der Waals surface area contributed by atoms with Crippen molar-refractivity contribution in [3.8, 4) is 5.75 Å². The Hall–Kier alpha value is -1.46. The van der Waals surface area contributed by atoms with Crippen LogP contribution < -0.4 is 15.8 Å². The molecule has 0 aliphatic heterocycles. The van der Waals surface area contributed by atoms with Gasteiger partial charge in [0, 0.05) is 5.02 Å². The van der Waals surface area contributed by atoms with E-state index in [0.29, 0.717) is 22.3 Å². The average Bonchev–Trinajstić information content (AvgIpc) is 2.33. The van der Waals surface area contributed by atoms with Gasteiger partial charge in [-0.15, -0.1) is 0 Å². The van der Waals surface area contributed by atoms with Crippen LogP contribution in [-0.2, 0) is 0 Å². The molecule has 0 bridgehead atoms. The summed E-state index contributed by atoms with van der Waals surface area (Å²) in [6, 6.07) is 7.09. The van der Waals surface area contributed by atoms with Gasteiger partial charge in [0.25, 0.3) is 0 Å². The molecule has 1 aromatic carbocycles. The molecule has 2 rings (SSSR count). The Labute approximate surface area is 118 Å². The normalized spacial score (nSPS) is 10.2. The second-order valence-corrected chi connectivity index (χ2v) is 4.86. The Balaban J connectivity index is 2.36. The van der Waals surface area contributed by atoms with Gasteiger partial charge >= 0.3 is 0 Å². The summed E-state index contributed by atoms with van der Waals surface area (Å²) in [5.41, 5.74) is 6.96. The predicted octanol–water partition coefficient (Wildman–Crippen LogP) is 3.83. The number of halogens is 2. The molecule has 3 N–H and O–H groups in total. The molecule has 0 spiro atoms. The number of anilines is 3. The van der Waals surface area contributed by atoms with Crippen molar-refractivity contribution in [2.45, 2.75) is 0 Å². The largest absolute Gasteiger partial charge is 0.495 e. The third-order valence-corrected chi connectivity index (χ3v) is 3.12. The first-order valence-corrected chi connectivity index (χ1v) is 6.29. The first-order valence-electron chi connectivity index (χ1n) is 5.11. The fourth-order valence-corrected chi connectivity index (χ4v) is 2.09. The number of nitrogens with zero attached hydrogens (tertiary/aromatic N) is 1. The molecule has 4 nitrogen and oxygen atoms in total. The molecule has 0 saturated carbocycles. The van der Waals surface area contributed by atoms with Gasteiger partial charge in [-0.1, -0.05) is 11.6 Å². The number of hydrogen-bond donors (Lipinski definition) is 2. The molecule has 0 unspecified atom stereocenters. The third kappa shape index (κ3) is 2.86. The summed E-state index contributed by atoms with van der Waals surface area (Å²) in [6.45, 7) is 0. The number of nitrogens with two attached hydrogens (primary N) is 1. The number of hydrogen-bond acceptors (Lipinski definition) is 4. The van der Waals surface area contributed by atoms with Crippen molar-refractivity contribution >= 4 is 44.7 Å². The Kier molecular flexibility index (Phi) is 3.93. The van der Waals surface area contributed by atoms with Gasteiger partial charge in [-0.25, -0.2) is 4.98 Å². The highest BCUT2D eigenvalue weighted by atomic mass is 79.9. The van der Waals surface area contributed by atoms with Crippen LogP contribution in [0.4, 0.5) is 17.2 Å². The molecule has 0 amide bonds. The summed E-state index contributed by atoms with van der Waals surface area (Å²) < 4.78 is 6.02. The highest BCUT2D eigenvalue weighted by Crippen LogP contribution is 2.32. The van der Waals surface area contributed by atoms with Crippen LogP contribution in [-0.4, -0.2) is 12.1 Å². The minimum Gasteiger partial charge on any atom is -0.495 e. The van der Waals surface area contributed by atoms with Gasteiger partial charge in [-0.3, -0.25) is 0 Å². The fourth-order valence-electron chi connectivity index (χ4n) is 1.45. The maximum atomic E-state index is 5.96. The van der Waals surface area contributed by atoms with Crippen molar-refractivity contribution in [2.24, 2.45) is 0 Å². The second kappa shape index (κ2) is 5.46. The summed E-state index contributed by atoms with van der Waals surface area (Å²) in [5.74, 6) is 1.33. The molecular formula is C12H11BrClN3O. The number of nitrogens with one attached hydrogen (secondary N) is 1. The SMILES string of the molecule is COc1ccc(Cl)cc1Nc1ncc(N)cc1Br. The van der Waals surface area contributed by atoms with Crippen LogP contribution in [0.5, 0.6) is 5.75 Å². The van der Waals surface area contributed by atoms with Crippen LogP contribution >= 0.6 is 27.5 Å². The van der Waals surface area contributed by atoms with Gasteiger partial charge in [-0.05, 0) is 40.2 Å². The van der Waals surface area contributed by atoms with Gasteiger partial charge < -0.3 is 15.8 Å². The Morgan fingerprint density at radius 2 is 2.17 bits per heavy atom. The van der Waals surface area contributed by atoms with E-state index in [9.17, 15) is 0 Å². The summed E-state index contributed by atoms with van der Waals surface area (Å²) in [6.07, 6.45) is 1.57. The second-order valence-electron chi connectivity index (χ2n) is 3.57. The lowest BCUT2D eigenvalue weighted by molar-refractivity contribution is 0.417. The molecule has 0 radical (unpaired) electrons. The van der Waals surface area contributed by atoms with Crippen molar-refractivity contribution in [1.82, 2.24) is 4.98 Å². The van der Waals surface area contributed by atoms with E-state index in [-0.39, 0.29) is 0 Å². The van der Waals surface area contributed by atoms with E-state index in [2.05, 4.69) is 26.2 Å². The van der Waals surface area contributed by atoms with E-state index in [1.165, 1.54) is 0 Å². The number of aromatic nitrogens is 1. The van der Waals surface area contributed by atoms with Gasteiger partial charge in [-0.2, -0.15) is 0 Å². The van der Waals surface area contributed by atoms with E-state index >= 15 is 0 Å². The molecule has 0 saturated heterocycles. The number of pyridine rings is 1. The molecule has 6 heteroatoms. The monoisotopic (exact) mass is 327 g/mol.